The number of anilines is 1. The van der Waals surface area contributed by atoms with E-state index in [2.05, 4.69) is 44.5 Å². The molecule has 1 amide bonds. The van der Waals surface area contributed by atoms with Crippen LogP contribution in [-0.2, 0) is 4.79 Å². The Morgan fingerprint density at radius 2 is 1.64 bits per heavy atom. The van der Waals surface area contributed by atoms with E-state index in [1.165, 1.54) is 0 Å². The Bertz CT molecular complexity index is 1670. The highest BCUT2D eigenvalue weighted by atomic mass is 32.1. The van der Waals surface area contributed by atoms with Crippen molar-refractivity contribution >= 4 is 28.0 Å². The largest absolute Gasteiger partial charge is 0.493 e. The molecule has 224 valence electrons. The monoisotopic (exact) mass is 607 g/mol. The number of allylic oxidation sites excluding steroid dienone is 2. The molecule has 3 aliphatic rings. The van der Waals surface area contributed by atoms with Gasteiger partial charge in [0.2, 0.25) is 5.91 Å². The van der Waals surface area contributed by atoms with Gasteiger partial charge in [-0.25, -0.2) is 24.9 Å². The van der Waals surface area contributed by atoms with Gasteiger partial charge in [0.1, 0.15) is 12.7 Å². The molecule has 11 heteroatoms. The number of hydrazone groups is 1. The summed E-state index contributed by atoms with van der Waals surface area (Å²) in [6.07, 6.45) is 13.1. The van der Waals surface area contributed by atoms with Crippen LogP contribution in [0, 0.1) is 11.8 Å². The summed E-state index contributed by atoms with van der Waals surface area (Å²) in [4.78, 5) is 34.7. The fourth-order valence-corrected chi connectivity index (χ4v) is 7.72. The molecule has 5 atom stereocenters. The number of nitrogens with zero attached hydrogens (tertiary/aromatic N) is 7. The Morgan fingerprint density at radius 3 is 2.32 bits per heavy atom. The summed E-state index contributed by atoms with van der Waals surface area (Å²) >= 11 is 1.69. The van der Waals surface area contributed by atoms with Crippen molar-refractivity contribution < 1.29 is 14.3 Å². The maximum absolute atomic E-state index is 14.5. The predicted molar refractivity (Wildman–Crippen MR) is 168 cm³/mol. The number of thiophene rings is 1. The zero-order valence-corrected chi connectivity index (χ0v) is 25.4. The van der Waals surface area contributed by atoms with Crippen LogP contribution >= 0.6 is 11.3 Å². The Hall–Kier alpha value is -4.64. The molecular weight excluding hydrogens is 574 g/mol. The number of rotatable bonds is 7. The van der Waals surface area contributed by atoms with Gasteiger partial charge in [-0.05, 0) is 67.1 Å². The number of aromatic nitrogens is 4. The van der Waals surface area contributed by atoms with E-state index in [0.29, 0.717) is 24.3 Å². The number of ether oxygens (including phenoxy) is 2. The van der Waals surface area contributed by atoms with Gasteiger partial charge in [-0.3, -0.25) is 4.79 Å². The highest BCUT2D eigenvalue weighted by Crippen LogP contribution is 2.48. The SMILES string of the molecule is COc1ccc(C2=NN(C3CCN(c4cccs4)C(c4ccncn4)C3c3ccncn3)C(=O)[C@@H]3CC=CC[C@H]23)cc1OC. The van der Waals surface area contributed by atoms with Crippen molar-refractivity contribution in [1.82, 2.24) is 24.9 Å². The summed E-state index contributed by atoms with van der Waals surface area (Å²) in [7, 11) is 3.26. The van der Waals surface area contributed by atoms with E-state index in [9.17, 15) is 4.79 Å². The van der Waals surface area contributed by atoms with E-state index in [-0.39, 0.29) is 35.7 Å². The number of fused-ring (bicyclic) bond motifs is 1. The molecule has 2 aliphatic heterocycles. The van der Waals surface area contributed by atoms with E-state index in [1.54, 1.807) is 55.6 Å². The van der Waals surface area contributed by atoms with Gasteiger partial charge in [0.05, 0.1) is 60.2 Å². The molecule has 1 aliphatic carbocycles. The Kier molecular flexibility index (Phi) is 7.78. The van der Waals surface area contributed by atoms with E-state index in [1.807, 2.05) is 30.3 Å². The van der Waals surface area contributed by atoms with Gasteiger partial charge in [-0.1, -0.05) is 12.2 Å². The topological polar surface area (TPSA) is 106 Å². The lowest BCUT2D eigenvalue weighted by molar-refractivity contribution is -0.141. The van der Waals surface area contributed by atoms with E-state index in [4.69, 9.17) is 24.5 Å². The van der Waals surface area contributed by atoms with Crippen LogP contribution in [0.25, 0.3) is 0 Å². The molecule has 5 heterocycles. The van der Waals surface area contributed by atoms with Crippen LogP contribution in [0.15, 0.2) is 90.1 Å². The van der Waals surface area contributed by atoms with Gasteiger partial charge >= 0.3 is 0 Å². The van der Waals surface area contributed by atoms with E-state index < -0.39 is 0 Å². The van der Waals surface area contributed by atoms with Crippen molar-refractivity contribution in [2.45, 2.75) is 37.3 Å². The van der Waals surface area contributed by atoms with Gasteiger partial charge in [0.25, 0.3) is 0 Å². The molecule has 1 saturated heterocycles. The van der Waals surface area contributed by atoms with Gasteiger partial charge < -0.3 is 14.4 Å². The van der Waals surface area contributed by atoms with Crippen LogP contribution in [0.3, 0.4) is 0 Å². The van der Waals surface area contributed by atoms with Gasteiger partial charge in [-0.2, -0.15) is 5.10 Å². The maximum atomic E-state index is 14.5. The lowest BCUT2D eigenvalue weighted by Crippen LogP contribution is -2.56. The van der Waals surface area contributed by atoms with Crippen molar-refractivity contribution in [1.29, 1.82) is 0 Å². The summed E-state index contributed by atoms with van der Waals surface area (Å²) in [6.45, 7) is 0.723. The Balaban J connectivity index is 1.38. The van der Waals surface area contributed by atoms with Crippen LogP contribution in [-0.4, -0.2) is 63.4 Å². The highest BCUT2D eigenvalue weighted by Gasteiger charge is 2.49. The summed E-state index contributed by atoms with van der Waals surface area (Å²) in [5.41, 5.74) is 3.53. The predicted octanol–water partition coefficient (Wildman–Crippen LogP) is 5.28. The van der Waals surface area contributed by atoms with Crippen LogP contribution in [0.4, 0.5) is 5.00 Å². The number of methoxy groups -OCH3 is 2. The maximum Gasteiger partial charge on any atom is 0.247 e. The third kappa shape index (κ3) is 5.00. The molecule has 7 rings (SSSR count). The number of carbonyl (C=O) groups excluding carboxylic acids is 1. The van der Waals surface area contributed by atoms with Gasteiger partial charge in [-0.15, -0.1) is 11.3 Å². The van der Waals surface area contributed by atoms with Crippen molar-refractivity contribution in [2.24, 2.45) is 16.9 Å². The van der Waals surface area contributed by atoms with Crippen molar-refractivity contribution in [3.63, 3.8) is 0 Å². The van der Waals surface area contributed by atoms with E-state index >= 15 is 0 Å². The zero-order valence-electron chi connectivity index (χ0n) is 24.6. The molecule has 44 heavy (non-hydrogen) atoms. The first-order valence-corrected chi connectivity index (χ1v) is 15.7. The van der Waals surface area contributed by atoms with Gasteiger partial charge in [0.15, 0.2) is 11.5 Å². The number of amides is 1. The fraction of sp³-hybridized carbons (Fsp3) is 0.333. The number of hydrogen-bond donors (Lipinski definition) is 0. The molecule has 3 unspecified atom stereocenters. The normalized spacial score (nSPS) is 24.9. The smallest absolute Gasteiger partial charge is 0.247 e. The van der Waals surface area contributed by atoms with Crippen LogP contribution < -0.4 is 14.4 Å². The molecule has 1 aromatic carbocycles. The first-order valence-electron chi connectivity index (χ1n) is 14.8. The first-order chi connectivity index (χ1) is 21.7. The van der Waals surface area contributed by atoms with Crippen LogP contribution in [0.1, 0.15) is 48.2 Å². The summed E-state index contributed by atoms with van der Waals surface area (Å²) in [6, 6.07) is 13.5. The minimum atomic E-state index is -0.268. The van der Waals surface area contributed by atoms with Crippen molar-refractivity contribution in [3.8, 4) is 11.5 Å². The molecule has 0 N–H and O–H groups in total. The first kappa shape index (κ1) is 28.1. The molecule has 10 nitrogen and oxygen atoms in total. The third-order valence-electron chi connectivity index (χ3n) is 8.94. The molecule has 0 saturated carbocycles. The molecule has 0 bridgehead atoms. The zero-order chi connectivity index (χ0) is 30.0. The number of hydrogen-bond acceptors (Lipinski definition) is 10. The minimum Gasteiger partial charge on any atom is -0.493 e. The van der Waals surface area contributed by atoms with Crippen molar-refractivity contribution in [3.05, 3.63) is 102 Å². The number of piperidine rings is 1. The molecule has 0 radical (unpaired) electrons. The minimum absolute atomic E-state index is 0.0248. The standard InChI is InChI=1S/C33H33N7O3S/c1-42-27-10-9-21(18-28(27)43-2)31-22-6-3-4-7-23(22)33(41)40(38-31)26-13-16-39(29-8-5-17-44-29)32(25-12-15-35-20-37-25)30(26)24-11-14-34-19-36-24/h3-5,8-12,14-15,17-20,22-23,26,30,32H,6-7,13,16H2,1-2H3/t22-,23+,26?,30?,32?/m0/s1. The highest BCUT2D eigenvalue weighted by molar-refractivity contribution is 7.14. The Morgan fingerprint density at radius 1 is 0.886 bits per heavy atom. The lowest BCUT2D eigenvalue weighted by atomic mass is 9.74. The van der Waals surface area contributed by atoms with Crippen LogP contribution in [0.5, 0.6) is 11.5 Å². The number of carbonyl (C=O) groups is 1. The molecule has 4 aromatic rings. The van der Waals surface area contributed by atoms with Gasteiger partial charge in [0, 0.05) is 30.4 Å². The summed E-state index contributed by atoms with van der Waals surface area (Å²) in [5.74, 6) is 0.865. The van der Waals surface area contributed by atoms with Crippen LogP contribution in [0.2, 0.25) is 0 Å². The third-order valence-corrected chi connectivity index (χ3v) is 9.84. The average molecular weight is 608 g/mol. The molecule has 0 spiro atoms. The Labute approximate surface area is 260 Å². The lowest BCUT2D eigenvalue weighted by Gasteiger charge is -2.49. The fourth-order valence-electron chi connectivity index (χ4n) is 6.93. The average Bonchev–Trinajstić information content (AvgIpc) is 3.64. The molecular formula is C33H33N7O3S. The second-order valence-corrected chi connectivity index (χ2v) is 12.1. The van der Waals surface area contributed by atoms with Crippen molar-refractivity contribution in [2.75, 3.05) is 25.7 Å². The van der Waals surface area contributed by atoms with E-state index in [0.717, 1.165) is 40.6 Å². The molecule has 1 fully saturated rings. The number of benzene rings is 1. The second kappa shape index (κ2) is 12.2. The molecule has 3 aromatic heterocycles. The summed E-state index contributed by atoms with van der Waals surface area (Å²) in [5, 5.41) is 10.2. The quantitative estimate of drug-likeness (QED) is 0.262. The second-order valence-electron chi connectivity index (χ2n) is 11.1. The summed E-state index contributed by atoms with van der Waals surface area (Å²) < 4.78 is 11.2.